The van der Waals surface area contributed by atoms with Gasteiger partial charge in [0, 0.05) is 0 Å². The molecule has 0 aromatic rings. The Bertz CT molecular complexity index is 30.7. The molecule has 7 heavy (non-hydrogen) atoms. The van der Waals surface area contributed by atoms with E-state index in [0.29, 0.717) is 0 Å². The fourth-order valence-electron chi connectivity index (χ4n) is 0. The van der Waals surface area contributed by atoms with Crippen molar-refractivity contribution in [2.45, 2.75) is 0 Å². The molecule has 0 saturated heterocycles. The number of hydrogen-bond donors (Lipinski definition) is 0. The van der Waals surface area contributed by atoms with E-state index < -0.39 is 0 Å². The standard InChI is InChI=1S/Mn.2HNO2/c;2*2-1-3/h;2*(H,2,3)/q+2;;/p-2. The predicted octanol–water partition coefficient (Wildman–Crippen LogP) is 0.499. The maximum Gasteiger partial charge on any atom is 2.00 e. The summed E-state index contributed by atoms with van der Waals surface area (Å²) in [4.78, 5) is 16.0. The molecule has 0 N–H and O–H groups in total. The smallest absolute Gasteiger partial charge is 0.444 e. The van der Waals surface area contributed by atoms with Crippen molar-refractivity contribution in [1.29, 1.82) is 0 Å². The molecule has 0 aromatic carbocycles. The molecular weight excluding hydrogens is 147 g/mol. The van der Waals surface area contributed by atoms with Gasteiger partial charge in [0.2, 0.25) is 0 Å². The van der Waals surface area contributed by atoms with E-state index in [2.05, 4.69) is 0 Å². The zero-order chi connectivity index (χ0) is 5.41. The van der Waals surface area contributed by atoms with E-state index in [1.54, 1.807) is 0 Å². The molecule has 41 valence electrons. The van der Waals surface area contributed by atoms with Crippen molar-refractivity contribution in [1.82, 2.24) is 0 Å². The summed E-state index contributed by atoms with van der Waals surface area (Å²) in [6.45, 7) is 0. The summed E-state index contributed by atoms with van der Waals surface area (Å²) < 4.78 is 0. The van der Waals surface area contributed by atoms with Crippen LogP contribution < -0.4 is 0 Å². The monoisotopic (exact) mass is 147 g/mol. The van der Waals surface area contributed by atoms with Gasteiger partial charge in [-0.05, 0) is 0 Å². The fourth-order valence-corrected chi connectivity index (χ4v) is 0. The Hall–Kier alpha value is -0.681. The predicted molar refractivity (Wildman–Crippen MR) is 18.3 cm³/mol. The van der Waals surface area contributed by atoms with Crippen LogP contribution in [0.2, 0.25) is 0 Å². The van der Waals surface area contributed by atoms with E-state index in [0.717, 1.165) is 10.7 Å². The van der Waals surface area contributed by atoms with Crippen LogP contribution in [0.3, 0.4) is 0 Å². The van der Waals surface area contributed by atoms with Crippen molar-refractivity contribution in [3.8, 4) is 0 Å². The van der Waals surface area contributed by atoms with Crippen LogP contribution in [0.4, 0.5) is 0 Å². The Morgan fingerprint density at radius 2 is 1.00 bits per heavy atom. The minimum absolute atomic E-state index is 0. The summed E-state index contributed by atoms with van der Waals surface area (Å²) in [6, 6.07) is 0. The van der Waals surface area contributed by atoms with Crippen LogP contribution in [0.5, 0.6) is 0 Å². The van der Waals surface area contributed by atoms with Crippen LogP contribution >= 0.6 is 0 Å². The molecule has 0 rings (SSSR count). The van der Waals surface area contributed by atoms with Crippen LogP contribution in [0, 0.1) is 20.2 Å². The molecular formula is MnN2O4. The number of nitrogens with zero attached hydrogens (tertiary/aromatic N) is 2. The average molecular weight is 147 g/mol. The molecule has 0 aromatic heterocycles. The van der Waals surface area contributed by atoms with E-state index in [9.17, 15) is 0 Å². The zero-order valence-corrected chi connectivity index (χ0v) is 4.09. The van der Waals surface area contributed by atoms with Gasteiger partial charge in [-0.2, -0.15) is 0 Å². The van der Waals surface area contributed by atoms with Gasteiger partial charge in [0.1, 0.15) is 0 Å². The molecule has 0 saturated carbocycles. The first-order valence-electron chi connectivity index (χ1n) is 0.730. The van der Waals surface area contributed by atoms with Gasteiger partial charge < -0.3 is 20.2 Å². The first-order valence-corrected chi connectivity index (χ1v) is 0.730. The van der Waals surface area contributed by atoms with Crippen molar-refractivity contribution in [2.24, 2.45) is 10.7 Å². The number of rotatable bonds is 0. The molecule has 0 fully saturated rings. The summed E-state index contributed by atoms with van der Waals surface area (Å²) in [6.07, 6.45) is 0. The second-order valence-electron chi connectivity index (χ2n) is 0.149. The van der Waals surface area contributed by atoms with Crippen LogP contribution in [0.25, 0.3) is 0 Å². The van der Waals surface area contributed by atoms with Crippen molar-refractivity contribution < 1.29 is 17.1 Å². The SMILES string of the molecule is O=N[O-].O=N[O-].[Mn+2]. The minimum atomic E-state index is 0. The van der Waals surface area contributed by atoms with Gasteiger partial charge in [0.15, 0.2) is 0 Å². The van der Waals surface area contributed by atoms with Crippen LogP contribution in [0.1, 0.15) is 0 Å². The van der Waals surface area contributed by atoms with E-state index in [1.165, 1.54) is 0 Å². The van der Waals surface area contributed by atoms with Gasteiger partial charge in [-0.3, -0.25) is 0 Å². The van der Waals surface area contributed by atoms with E-state index in [4.69, 9.17) is 20.2 Å². The van der Waals surface area contributed by atoms with Crippen molar-refractivity contribution in [3.63, 3.8) is 0 Å². The van der Waals surface area contributed by atoms with Crippen LogP contribution in [-0.2, 0) is 17.1 Å². The topological polar surface area (TPSA) is 105 Å². The van der Waals surface area contributed by atoms with Crippen LogP contribution in [-0.4, -0.2) is 0 Å². The van der Waals surface area contributed by atoms with Gasteiger partial charge in [0.25, 0.3) is 0 Å². The Morgan fingerprint density at radius 3 is 1.00 bits per heavy atom. The molecule has 0 spiro atoms. The largest absolute Gasteiger partial charge is 2.00 e. The third-order valence-corrected chi connectivity index (χ3v) is 0. The second-order valence-corrected chi connectivity index (χ2v) is 0.149. The molecule has 0 bridgehead atoms. The molecule has 0 unspecified atom stereocenters. The molecule has 0 atom stereocenters. The molecule has 7 heteroatoms. The second kappa shape index (κ2) is 57.0. The summed E-state index contributed by atoms with van der Waals surface area (Å²) in [7, 11) is 0. The van der Waals surface area contributed by atoms with E-state index in [1.807, 2.05) is 0 Å². The Labute approximate surface area is 48.9 Å². The normalized spacial score (nSPS) is 3.43. The molecule has 0 aliphatic rings. The van der Waals surface area contributed by atoms with Crippen LogP contribution in [0.15, 0.2) is 10.7 Å². The maximum absolute atomic E-state index is 8.00. The van der Waals surface area contributed by atoms with Crippen molar-refractivity contribution >= 4 is 0 Å². The van der Waals surface area contributed by atoms with Gasteiger partial charge in [-0.1, -0.05) is 0 Å². The minimum Gasteiger partial charge on any atom is -0.444 e. The Morgan fingerprint density at radius 1 is 1.00 bits per heavy atom. The molecule has 0 aliphatic heterocycles. The quantitative estimate of drug-likeness (QED) is 0.282. The van der Waals surface area contributed by atoms with Crippen molar-refractivity contribution in [2.75, 3.05) is 0 Å². The summed E-state index contributed by atoms with van der Waals surface area (Å²) in [5.74, 6) is 0. The first-order chi connectivity index (χ1) is 2.83. The zero-order valence-electron chi connectivity index (χ0n) is 2.91. The first kappa shape index (κ1) is 16.2. The number of hydrogen-bond acceptors (Lipinski definition) is 6. The summed E-state index contributed by atoms with van der Waals surface area (Å²) in [5, 5.41) is 18.0. The molecule has 0 heterocycles. The molecule has 0 amide bonds. The van der Waals surface area contributed by atoms with E-state index in [-0.39, 0.29) is 17.1 Å². The summed E-state index contributed by atoms with van der Waals surface area (Å²) >= 11 is 0. The van der Waals surface area contributed by atoms with Gasteiger partial charge in [0.05, 0.1) is 0 Å². The average Bonchev–Trinajstić information content (AvgIpc) is 1.39. The molecule has 1 radical (unpaired) electrons. The van der Waals surface area contributed by atoms with E-state index >= 15 is 0 Å². The molecule has 6 nitrogen and oxygen atoms in total. The van der Waals surface area contributed by atoms with Gasteiger partial charge in [-0.25, -0.2) is 0 Å². The van der Waals surface area contributed by atoms with Crippen molar-refractivity contribution in [3.05, 3.63) is 20.2 Å². The fraction of sp³-hybridized carbons (Fsp3) is 0. The third-order valence-electron chi connectivity index (χ3n) is 0. The Balaban J connectivity index is -0.0000000400. The van der Waals surface area contributed by atoms with Gasteiger partial charge in [-0.15, -0.1) is 10.7 Å². The molecule has 0 aliphatic carbocycles. The van der Waals surface area contributed by atoms with Gasteiger partial charge >= 0.3 is 17.1 Å². The maximum atomic E-state index is 8.00. The summed E-state index contributed by atoms with van der Waals surface area (Å²) in [5.41, 5.74) is 0. The Kier molecular flexibility index (Phi) is 132. The third kappa shape index (κ3) is 127.